The summed E-state index contributed by atoms with van der Waals surface area (Å²) in [7, 11) is 0. The monoisotopic (exact) mass is 259 g/mol. The summed E-state index contributed by atoms with van der Waals surface area (Å²) in [6.45, 7) is 0. The second-order valence-electron chi connectivity index (χ2n) is 4.90. The molecule has 0 aliphatic heterocycles. The molecule has 2 heterocycles. The Hall–Kier alpha value is -2.68. The van der Waals surface area contributed by atoms with Crippen molar-refractivity contribution in [3.8, 4) is 0 Å². The Morgan fingerprint density at radius 2 is 1.65 bits per heavy atom. The summed E-state index contributed by atoms with van der Waals surface area (Å²) < 4.78 is 0. The zero-order valence-corrected chi connectivity index (χ0v) is 10.9. The average Bonchev–Trinajstić information content (AvgIpc) is 2.92. The summed E-state index contributed by atoms with van der Waals surface area (Å²) in [5.41, 5.74) is 4.36. The smallest absolute Gasteiger partial charge is 0.111 e. The summed E-state index contributed by atoms with van der Waals surface area (Å²) >= 11 is 0. The highest BCUT2D eigenvalue weighted by molar-refractivity contribution is 6.05. The summed E-state index contributed by atoms with van der Waals surface area (Å²) in [5, 5.41) is 9.88. The van der Waals surface area contributed by atoms with Gasteiger partial charge in [0.1, 0.15) is 5.52 Å². The quantitative estimate of drug-likeness (QED) is 0.596. The van der Waals surface area contributed by atoms with Gasteiger partial charge in [-0.15, -0.1) is 0 Å². The molecule has 0 saturated carbocycles. The average molecular weight is 259 g/mol. The second kappa shape index (κ2) is 4.46. The minimum Gasteiger partial charge on any atom is -0.281 e. The largest absolute Gasteiger partial charge is 0.281 e. The molecule has 0 spiro atoms. The van der Waals surface area contributed by atoms with Gasteiger partial charge in [0.2, 0.25) is 0 Å². The fraction of sp³-hybridized carbons (Fsp3) is 0.0588. The summed E-state index contributed by atoms with van der Waals surface area (Å²) in [5.74, 6) is 0. The van der Waals surface area contributed by atoms with E-state index >= 15 is 0 Å². The number of pyridine rings is 1. The number of benzene rings is 2. The normalized spacial score (nSPS) is 11.2. The van der Waals surface area contributed by atoms with Crippen molar-refractivity contribution in [1.82, 2.24) is 15.2 Å². The Labute approximate surface area is 116 Å². The summed E-state index contributed by atoms with van der Waals surface area (Å²) in [6, 6.07) is 18.6. The summed E-state index contributed by atoms with van der Waals surface area (Å²) in [4.78, 5) is 4.45. The Balaban J connectivity index is 1.94. The van der Waals surface area contributed by atoms with E-state index in [1.165, 1.54) is 10.9 Å². The van der Waals surface area contributed by atoms with Crippen LogP contribution < -0.4 is 0 Å². The maximum absolute atomic E-state index is 4.45. The SMILES string of the molecule is c1ccc(Cc2[nH]nc3cnc4ccccc4c23)cc1. The predicted octanol–water partition coefficient (Wildman–Crippen LogP) is 3.70. The van der Waals surface area contributed by atoms with Crippen LogP contribution >= 0.6 is 0 Å². The zero-order valence-electron chi connectivity index (χ0n) is 10.9. The highest BCUT2D eigenvalue weighted by atomic mass is 15.1. The molecule has 3 nitrogen and oxygen atoms in total. The van der Waals surface area contributed by atoms with Crippen LogP contribution in [-0.2, 0) is 6.42 Å². The molecule has 96 valence electrons. The summed E-state index contributed by atoms with van der Waals surface area (Å²) in [6.07, 6.45) is 2.69. The third kappa shape index (κ3) is 1.75. The van der Waals surface area contributed by atoms with Gasteiger partial charge in [0, 0.05) is 22.9 Å². The van der Waals surface area contributed by atoms with Crippen molar-refractivity contribution in [2.75, 3.05) is 0 Å². The van der Waals surface area contributed by atoms with Gasteiger partial charge < -0.3 is 0 Å². The van der Waals surface area contributed by atoms with Crippen molar-refractivity contribution in [3.63, 3.8) is 0 Å². The molecule has 0 aliphatic rings. The Morgan fingerprint density at radius 1 is 0.850 bits per heavy atom. The zero-order chi connectivity index (χ0) is 13.4. The van der Waals surface area contributed by atoms with Crippen molar-refractivity contribution < 1.29 is 0 Å². The number of aromatic amines is 1. The van der Waals surface area contributed by atoms with E-state index in [0.717, 1.165) is 28.5 Å². The number of para-hydroxylation sites is 1. The van der Waals surface area contributed by atoms with Crippen molar-refractivity contribution in [3.05, 3.63) is 72.1 Å². The van der Waals surface area contributed by atoms with E-state index in [1.54, 1.807) is 0 Å². The molecule has 20 heavy (non-hydrogen) atoms. The van der Waals surface area contributed by atoms with Crippen molar-refractivity contribution >= 4 is 21.8 Å². The second-order valence-corrected chi connectivity index (χ2v) is 4.90. The molecule has 0 radical (unpaired) electrons. The first-order chi connectivity index (χ1) is 9.92. The molecule has 0 bridgehead atoms. The van der Waals surface area contributed by atoms with Crippen LogP contribution in [0.2, 0.25) is 0 Å². The lowest BCUT2D eigenvalue weighted by atomic mass is 10.0. The first-order valence-electron chi connectivity index (χ1n) is 6.66. The number of hydrogen-bond donors (Lipinski definition) is 1. The highest BCUT2D eigenvalue weighted by Crippen LogP contribution is 2.26. The lowest BCUT2D eigenvalue weighted by Gasteiger charge is -2.02. The maximum atomic E-state index is 4.45. The van der Waals surface area contributed by atoms with E-state index in [9.17, 15) is 0 Å². The highest BCUT2D eigenvalue weighted by Gasteiger charge is 2.10. The van der Waals surface area contributed by atoms with E-state index in [0.29, 0.717) is 0 Å². The number of aromatic nitrogens is 3. The number of nitrogens with zero attached hydrogens (tertiary/aromatic N) is 2. The number of nitrogens with one attached hydrogen (secondary N) is 1. The van der Waals surface area contributed by atoms with Crippen molar-refractivity contribution in [1.29, 1.82) is 0 Å². The van der Waals surface area contributed by atoms with E-state index in [4.69, 9.17) is 0 Å². The van der Waals surface area contributed by atoms with Gasteiger partial charge in [0.25, 0.3) is 0 Å². The van der Waals surface area contributed by atoms with Gasteiger partial charge >= 0.3 is 0 Å². The van der Waals surface area contributed by atoms with Gasteiger partial charge in [-0.25, -0.2) is 0 Å². The molecule has 0 fully saturated rings. The minimum absolute atomic E-state index is 0.853. The van der Waals surface area contributed by atoms with Gasteiger partial charge in [-0.1, -0.05) is 48.5 Å². The lowest BCUT2D eigenvalue weighted by molar-refractivity contribution is 1.01. The van der Waals surface area contributed by atoms with Gasteiger partial charge in [-0.2, -0.15) is 5.10 Å². The molecule has 4 aromatic rings. The molecule has 0 unspecified atom stereocenters. The number of H-pyrrole nitrogens is 1. The molecule has 0 saturated heterocycles. The maximum Gasteiger partial charge on any atom is 0.111 e. The van der Waals surface area contributed by atoms with E-state index < -0.39 is 0 Å². The van der Waals surface area contributed by atoms with Crippen LogP contribution in [0.25, 0.3) is 21.8 Å². The molecule has 3 heteroatoms. The number of fused-ring (bicyclic) bond motifs is 3. The third-order valence-corrected chi connectivity index (χ3v) is 3.59. The molecule has 0 atom stereocenters. The minimum atomic E-state index is 0.853. The lowest BCUT2D eigenvalue weighted by Crippen LogP contribution is -1.89. The van der Waals surface area contributed by atoms with Gasteiger partial charge in [-0.3, -0.25) is 10.1 Å². The van der Waals surface area contributed by atoms with Crippen LogP contribution in [-0.4, -0.2) is 15.2 Å². The van der Waals surface area contributed by atoms with Crippen LogP contribution in [0.4, 0.5) is 0 Å². The molecule has 4 rings (SSSR count). The molecular weight excluding hydrogens is 246 g/mol. The van der Waals surface area contributed by atoms with Gasteiger partial charge in [0.05, 0.1) is 11.7 Å². The first kappa shape index (κ1) is 11.2. The fourth-order valence-electron chi connectivity index (χ4n) is 2.64. The van der Waals surface area contributed by atoms with Crippen LogP contribution in [0.1, 0.15) is 11.3 Å². The first-order valence-corrected chi connectivity index (χ1v) is 6.66. The van der Waals surface area contributed by atoms with Crippen LogP contribution in [0.3, 0.4) is 0 Å². The molecule has 0 aliphatic carbocycles. The van der Waals surface area contributed by atoms with Crippen LogP contribution in [0.5, 0.6) is 0 Å². The molecule has 1 N–H and O–H groups in total. The van der Waals surface area contributed by atoms with E-state index in [1.807, 2.05) is 30.5 Å². The molecule has 2 aromatic carbocycles. The fourth-order valence-corrected chi connectivity index (χ4v) is 2.64. The van der Waals surface area contributed by atoms with E-state index in [2.05, 4.69) is 45.5 Å². The Morgan fingerprint density at radius 3 is 2.55 bits per heavy atom. The third-order valence-electron chi connectivity index (χ3n) is 3.59. The van der Waals surface area contributed by atoms with Crippen molar-refractivity contribution in [2.24, 2.45) is 0 Å². The standard InChI is InChI=1S/C17H13N3/c1-2-6-12(7-3-1)10-15-17-13-8-4-5-9-14(13)18-11-16(17)20-19-15/h1-9,11H,10H2,(H,19,20). The molecular formula is C17H13N3. The van der Waals surface area contributed by atoms with Crippen molar-refractivity contribution in [2.45, 2.75) is 6.42 Å². The molecule has 2 aromatic heterocycles. The number of rotatable bonds is 2. The predicted molar refractivity (Wildman–Crippen MR) is 80.6 cm³/mol. The molecule has 0 amide bonds. The number of hydrogen-bond acceptors (Lipinski definition) is 2. The van der Waals surface area contributed by atoms with Gasteiger partial charge in [-0.05, 0) is 11.6 Å². The Bertz CT molecular complexity index is 878. The Kier molecular flexibility index (Phi) is 2.49. The van der Waals surface area contributed by atoms with Gasteiger partial charge in [0.15, 0.2) is 0 Å². The topological polar surface area (TPSA) is 41.6 Å². The van der Waals surface area contributed by atoms with E-state index in [-0.39, 0.29) is 0 Å². The van der Waals surface area contributed by atoms with Crippen LogP contribution in [0.15, 0.2) is 60.8 Å². The van der Waals surface area contributed by atoms with Crippen LogP contribution in [0, 0.1) is 0 Å².